The van der Waals surface area contributed by atoms with Gasteiger partial charge in [0.05, 0.1) is 4.90 Å². The smallest absolute Gasteiger partial charge is 0.240 e. The van der Waals surface area contributed by atoms with E-state index in [0.29, 0.717) is 4.90 Å². The minimum absolute atomic E-state index is 0.0428. The van der Waals surface area contributed by atoms with E-state index < -0.39 is 10.0 Å². The first kappa shape index (κ1) is 15.0. The maximum Gasteiger partial charge on any atom is 0.240 e. The summed E-state index contributed by atoms with van der Waals surface area (Å²) in [5.41, 5.74) is 1.02. The number of rotatable bonds is 3. The summed E-state index contributed by atoms with van der Waals surface area (Å²) in [6.07, 6.45) is 1.87. The van der Waals surface area contributed by atoms with Crippen molar-refractivity contribution in [1.29, 1.82) is 0 Å². The van der Waals surface area contributed by atoms with Gasteiger partial charge in [0.25, 0.3) is 0 Å². The van der Waals surface area contributed by atoms with E-state index in [4.69, 9.17) is 0 Å². The number of sulfonamides is 1. The molecule has 1 aliphatic heterocycles. The normalized spacial score (nSPS) is 24.4. The lowest BCUT2D eigenvalue weighted by Crippen LogP contribution is -2.51. The molecule has 0 bridgehead atoms. The highest BCUT2D eigenvalue weighted by Crippen LogP contribution is 2.21. The molecule has 0 aliphatic carbocycles. The Bertz CT molecular complexity index is 560. The Labute approximate surface area is 123 Å². The van der Waals surface area contributed by atoms with Crippen LogP contribution in [0.25, 0.3) is 0 Å². The maximum atomic E-state index is 12.3. The number of halogens is 1. The molecule has 1 saturated heterocycles. The second-order valence-corrected chi connectivity index (χ2v) is 7.59. The largest absolute Gasteiger partial charge is 0.313 e. The van der Waals surface area contributed by atoms with Gasteiger partial charge in [-0.15, -0.1) is 0 Å². The summed E-state index contributed by atoms with van der Waals surface area (Å²) in [4.78, 5) is 0.308. The first-order valence-electron chi connectivity index (χ1n) is 6.42. The number of piperidine rings is 1. The van der Waals surface area contributed by atoms with Crippen molar-refractivity contribution in [1.82, 2.24) is 10.0 Å². The predicted octanol–water partition coefficient (Wildman–Crippen LogP) is 2.18. The van der Waals surface area contributed by atoms with Crippen molar-refractivity contribution in [2.24, 2.45) is 0 Å². The number of hydrogen-bond donors (Lipinski definition) is 2. The van der Waals surface area contributed by atoms with E-state index in [0.717, 1.165) is 29.4 Å². The van der Waals surface area contributed by atoms with Crippen LogP contribution in [0.15, 0.2) is 27.6 Å². The Morgan fingerprint density at radius 3 is 2.79 bits per heavy atom. The second-order valence-electron chi connectivity index (χ2n) is 5.02. The van der Waals surface area contributed by atoms with Crippen molar-refractivity contribution in [3.63, 3.8) is 0 Å². The van der Waals surface area contributed by atoms with Gasteiger partial charge >= 0.3 is 0 Å². The van der Waals surface area contributed by atoms with E-state index in [2.05, 4.69) is 26.0 Å². The van der Waals surface area contributed by atoms with Crippen LogP contribution in [-0.2, 0) is 10.0 Å². The van der Waals surface area contributed by atoms with Crippen molar-refractivity contribution < 1.29 is 8.42 Å². The Morgan fingerprint density at radius 2 is 2.16 bits per heavy atom. The summed E-state index contributed by atoms with van der Waals surface area (Å²) in [7, 11) is -3.45. The Balaban J connectivity index is 2.19. The van der Waals surface area contributed by atoms with Crippen molar-refractivity contribution in [3.8, 4) is 0 Å². The van der Waals surface area contributed by atoms with E-state index in [9.17, 15) is 8.42 Å². The maximum absolute atomic E-state index is 12.3. The lowest BCUT2D eigenvalue weighted by Gasteiger charge is -2.30. The Hall–Kier alpha value is -0.430. The van der Waals surface area contributed by atoms with Crippen LogP contribution in [0.2, 0.25) is 0 Å². The number of hydrogen-bond acceptors (Lipinski definition) is 3. The second kappa shape index (κ2) is 5.91. The molecule has 2 N–H and O–H groups in total. The van der Waals surface area contributed by atoms with Gasteiger partial charge in [0.1, 0.15) is 0 Å². The minimum Gasteiger partial charge on any atom is -0.313 e. The third kappa shape index (κ3) is 3.56. The molecule has 0 spiro atoms. The molecule has 4 nitrogen and oxygen atoms in total. The van der Waals surface area contributed by atoms with Gasteiger partial charge in [-0.3, -0.25) is 0 Å². The summed E-state index contributed by atoms with van der Waals surface area (Å²) in [6.45, 7) is 4.90. The fraction of sp³-hybridized carbons (Fsp3) is 0.538. The fourth-order valence-electron chi connectivity index (χ4n) is 2.21. The van der Waals surface area contributed by atoms with Crippen molar-refractivity contribution in [2.75, 3.05) is 6.54 Å². The van der Waals surface area contributed by atoms with Crippen molar-refractivity contribution in [2.45, 2.75) is 43.7 Å². The molecule has 106 valence electrons. The van der Waals surface area contributed by atoms with Gasteiger partial charge in [-0.05, 0) is 50.9 Å². The van der Waals surface area contributed by atoms with Crippen LogP contribution in [0.1, 0.15) is 25.3 Å². The zero-order chi connectivity index (χ0) is 14.0. The Kier molecular flexibility index (Phi) is 4.66. The molecule has 1 aromatic rings. The van der Waals surface area contributed by atoms with E-state index in [1.165, 1.54) is 0 Å². The number of aryl methyl sites for hydroxylation is 1. The summed E-state index contributed by atoms with van der Waals surface area (Å²) in [5.74, 6) is 0. The average molecular weight is 347 g/mol. The molecule has 1 aromatic carbocycles. The minimum atomic E-state index is -3.45. The van der Waals surface area contributed by atoms with Gasteiger partial charge in [0.2, 0.25) is 10.0 Å². The summed E-state index contributed by atoms with van der Waals surface area (Å²) in [6, 6.07) is 5.22. The molecular formula is C13H19BrN2O2S. The summed E-state index contributed by atoms with van der Waals surface area (Å²) < 4.78 is 28.3. The van der Waals surface area contributed by atoms with Gasteiger partial charge < -0.3 is 5.32 Å². The lowest BCUT2D eigenvalue weighted by molar-refractivity contribution is 0.349. The standard InChI is InChI=1S/C13H19BrN2O2S/c1-9-5-6-11(8-12(9)14)19(17,18)16-13-4-3-7-15-10(13)2/h5-6,8,10,13,15-16H,3-4,7H2,1-2H3. The van der Waals surface area contributed by atoms with Crippen LogP contribution in [0.4, 0.5) is 0 Å². The molecule has 2 unspecified atom stereocenters. The molecule has 2 rings (SSSR count). The summed E-state index contributed by atoms with van der Waals surface area (Å²) >= 11 is 3.37. The molecule has 0 saturated carbocycles. The lowest BCUT2D eigenvalue weighted by atomic mass is 10.0. The molecular weight excluding hydrogens is 328 g/mol. The van der Waals surface area contributed by atoms with Crippen LogP contribution in [0, 0.1) is 6.92 Å². The highest BCUT2D eigenvalue weighted by Gasteiger charge is 2.26. The molecule has 0 aromatic heterocycles. The Morgan fingerprint density at radius 1 is 1.42 bits per heavy atom. The third-order valence-corrected chi connectivity index (χ3v) is 5.86. The van der Waals surface area contributed by atoms with Crippen LogP contribution < -0.4 is 10.0 Å². The van der Waals surface area contributed by atoms with Gasteiger partial charge in [-0.25, -0.2) is 13.1 Å². The molecule has 0 radical (unpaired) electrons. The summed E-state index contributed by atoms with van der Waals surface area (Å²) in [5, 5.41) is 3.29. The van der Waals surface area contributed by atoms with Crippen molar-refractivity contribution in [3.05, 3.63) is 28.2 Å². The SMILES string of the molecule is Cc1ccc(S(=O)(=O)NC2CCCNC2C)cc1Br. The van der Waals surface area contributed by atoms with Crippen LogP contribution in [0.5, 0.6) is 0 Å². The highest BCUT2D eigenvalue weighted by molar-refractivity contribution is 9.10. The molecule has 2 atom stereocenters. The van der Waals surface area contributed by atoms with E-state index in [1.807, 2.05) is 13.8 Å². The van der Waals surface area contributed by atoms with Crippen LogP contribution >= 0.6 is 15.9 Å². The molecule has 1 fully saturated rings. The monoisotopic (exact) mass is 346 g/mol. The highest BCUT2D eigenvalue weighted by atomic mass is 79.9. The van der Waals surface area contributed by atoms with Gasteiger partial charge in [0, 0.05) is 16.6 Å². The molecule has 19 heavy (non-hydrogen) atoms. The third-order valence-electron chi connectivity index (χ3n) is 3.52. The quantitative estimate of drug-likeness (QED) is 0.881. The van der Waals surface area contributed by atoms with E-state index in [1.54, 1.807) is 18.2 Å². The molecule has 1 heterocycles. The number of benzene rings is 1. The molecule has 6 heteroatoms. The van der Waals surface area contributed by atoms with E-state index >= 15 is 0 Å². The van der Waals surface area contributed by atoms with Gasteiger partial charge in [-0.2, -0.15) is 0 Å². The van der Waals surface area contributed by atoms with Crippen molar-refractivity contribution >= 4 is 26.0 Å². The van der Waals surface area contributed by atoms with E-state index in [-0.39, 0.29) is 12.1 Å². The van der Waals surface area contributed by atoms with Gasteiger partial charge in [0.15, 0.2) is 0 Å². The van der Waals surface area contributed by atoms with Crippen LogP contribution in [0.3, 0.4) is 0 Å². The first-order valence-corrected chi connectivity index (χ1v) is 8.69. The van der Waals surface area contributed by atoms with Crippen LogP contribution in [-0.4, -0.2) is 27.0 Å². The molecule has 0 amide bonds. The zero-order valence-electron chi connectivity index (χ0n) is 11.1. The predicted molar refractivity (Wildman–Crippen MR) is 79.7 cm³/mol. The average Bonchev–Trinajstić information content (AvgIpc) is 2.35. The zero-order valence-corrected chi connectivity index (χ0v) is 13.5. The fourth-order valence-corrected chi connectivity index (χ4v) is 4.12. The topological polar surface area (TPSA) is 58.2 Å². The van der Waals surface area contributed by atoms with Gasteiger partial charge in [-0.1, -0.05) is 22.0 Å². The molecule has 1 aliphatic rings. The first-order chi connectivity index (χ1) is 8.90. The number of nitrogens with one attached hydrogen (secondary N) is 2.